The van der Waals surface area contributed by atoms with Crippen molar-refractivity contribution in [3.05, 3.63) is 12.2 Å². The van der Waals surface area contributed by atoms with Crippen LogP contribution in [-0.2, 0) is 4.79 Å². The number of aliphatic hydroxyl groups is 1. The van der Waals surface area contributed by atoms with E-state index in [-0.39, 0.29) is 6.61 Å². The van der Waals surface area contributed by atoms with Gasteiger partial charge >= 0.3 is 5.97 Å². The van der Waals surface area contributed by atoms with E-state index in [0.717, 1.165) is 19.4 Å². The zero-order valence-electron chi connectivity index (χ0n) is 17.8. The molecule has 0 amide bonds. The molecule has 27 heavy (non-hydrogen) atoms. The Balaban J connectivity index is 0. The second-order valence-electron chi connectivity index (χ2n) is 6.99. The summed E-state index contributed by atoms with van der Waals surface area (Å²) >= 11 is 0. The second-order valence-corrected chi connectivity index (χ2v) is 6.99. The van der Waals surface area contributed by atoms with Gasteiger partial charge in [-0.1, -0.05) is 70.4 Å². The summed E-state index contributed by atoms with van der Waals surface area (Å²) in [6, 6.07) is 0. The average molecular weight is 387 g/mol. The first kappa shape index (κ1) is 28.3. The van der Waals surface area contributed by atoms with Crippen LogP contribution >= 0.6 is 0 Å². The SMILES string of the molecule is CCCCCCCC/C=C\CCCCCCCC(=O)O.NCCNCCO. The Morgan fingerprint density at radius 2 is 1.37 bits per heavy atom. The largest absolute Gasteiger partial charge is 0.481 e. The topological polar surface area (TPSA) is 95.6 Å². The summed E-state index contributed by atoms with van der Waals surface area (Å²) in [5.41, 5.74) is 5.13. The van der Waals surface area contributed by atoms with E-state index in [0.29, 0.717) is 19.5 Å². The number of hydrogen-bond acceptors (Lipinski definition) is 4. The lowest BCUT2D eigenvalue weighted by molar-refractivity contribution is -0.137. The number of aliphatic carboxylic acids is 1. The van der Waals surface area contributed by atoms with Crippen LogP contribution in [0.15, 0.2) is 12.2 Å². The van der Waals surface area contributed by atoms with Crippen LogP contribution in [0.2, 0.25) is 0 Å². The number of nitrogens with two attached hydrogens (primary N) is 1. The Hall–Kier alpha value is -0.910. The number of nitrogens with one attached hydrogen (secondary N) is 1. The summed E-state index contributed by atoms with van der Waals surface area (Å²) < 4.78 is 0. The molecule has 0 fully saturated rings. The molecule has 162 valence electrons. The number of allylic oxidation sites excluding steroid dienone is 2. The van der Waals surface area contributed by atoms with Gasteiger partial charge < -0.3 is 21.3 Å². The molecule has 0 aromatic carbocycles. The molecule has 0 aromatic heterocycles. The molecule has 0 aliphatic carbocycles. The van der Waals surface area contributed by atoms with E-state index in [9.17, 15) is 4.79 Å². The summed E-state index contributed by atoms with van der Waals surface area (Å²) in [6.07, 6.45) is 21.2. The van der Waals surface area contributed by atoms with Crippen molar-refractivity contribution >= 4 is 5.97 Å². The van der Waals surface area contributed by atoms with Gasteiger partial charge in [-0.2, -0.15) is 0 Å². The summed E-state index contributed by atoms with van der Waals surface area (Å²) in [5.74, 6) is -0.664. The molecule has 0 radical (unpaired) electrons. The van der Waals surface area contributed by atoms with Crippen molar-refractivity contribution in [2.45, 2.75) is 96.8 Å². The lowest BCUT2D eigenvalue weighted by atomic mass is 10.1. The van der Waals surface area contributed by atoms with Gasteiger partial charge in [0.1, 0.15) is 0 Å². The highest BCUT2D eigenvalue weighted by Crippen LogP contribution is 2.09. The lowest BCUT2D eigenvalue weighted by Gasteiger charge is -1.99. The van der Waals surface area contributed by atoms with Crippen LogP contribution in [0.25, 0.3) is 0 Å². The number of carboxylic acid groups (broad SMARTS) is 1. The molecule has 0 atom stereocenters. The smallest absolute Gasteiger partial charge is 0.303 e. The predicted molar refractivity (Wildman–Crippen MR) is 116 cm³/mol. The monoisotopic (exact) mass is 386 g/mol. The van der Waals surface area contributed by atoms with Crippen molar-refractivity contribution in [3.8, 4) is 0 Å². The van der Waals surface area contributed by atoms with Gasteiger partial charge in [0.25, 0.3) is 0 Å². The fourth-order valence-electron chi connectivity index (χ4n) is 2.65. The van der Waals surface area contributed by atoms with E-state index >= 15 is 0 Å². The van der Waals surface area contributed by atoms with Gasteiger partial charge in [0.05, 0.1) is 6.61 Å². The van der Waals surface area contributed by atoms with Crippen LogP contribution in [-0.4, -0.2) is 42.4 Å². The first-order valence-electron chi connectivity index (χ1n) is 11.1. The van der Waals surface area contributed by atoms with Crippen molar-refractivity contribution in [2.75, 3.05) is 26.2 Å². The first-order chi connectivity index (χ1) is 13.2. The van der Waals surface area contributed by atoms with Crippen molar-refractivity contribution in [3.63, 3.8) is 0 Å². The molecular formula is C22H46N2O3. The van der Waals surface area contributed by atoms with Gasteiger partial charge in [0.2, 0.25) is 0 Å². The molecule has 0 saturated heterocycles. The third kappa shape index (κ3) is 33.1. The third-order valence-electron chi connectivity index (χ3n) is 4.26. The van der Waals surface area contributed by atoms with Gasteiger partial charge in [-0.25, -0.2) is 0 Å². The minimum absolute atomic E-state index is 0.194. The van der Waals surface area contributed by atoms with Crippen LogP contribution in [0.1, 0.15) is 96.8 Å². The van der Waals surface area contributed by atoms with Gasteiger partial charge in [-0.15, -0.1) is 0 Å². The molecule has 5 nitrogen and oxygen atoms in total. The minimum Gasteiger partial charge on any atom is -0.481 e. The highest BCUT2D eigenvalue weighted by Gasteiger charge is 1.95. The van der Waals surface area contributed by atoms with E-state index < -0.39 is 5.97 Å². The predicted octanol–water partition coefficient (Wildman–Crippen LogP) is 4.64. The molecule has 0 aliphatic rings. The van der Waals surface area contributed by atoms with E-state index in [1.165, 1.54) is 70.6 Å². The summed E-state index contributed by atoms with van der Waals surface area (Å²) in [4.78, 5) is 10.3. The Labute approximate surface area is 167 Å². The van der Waals surface area contributed by atoms with Crippen LogP contribution in [0.3, 0.4) is 0 Å². The van der Waals surface area contributed by atoms with E-state index in [2.05, 4.69) is 24.4 Å². The third-order valence-corrected chi connectivity index (χ3v) is 4.26. The maximum Gasteiger partial charge on any atom is 0.303 e. The Kier molecular flexibility index (Phi) is 28.6. The summed E-state index contributed by atoms with van der Waals surface area (Å²) in [7, 11) is 0. The molecule has 0 aliphatic heterocycles. The van der Waals surface area contributed by atoms with E-state index in [1.54, 1.807) is 0 Å². The van der Waals surface area contributed by atoms with Crippen molar-refractivity contribution in [1.29, 1.82) is 0 Å². The first-order valence-corrected chi connectivity index (χ1v) is 11.1. The van der Waals surface area contributed by atoms with Crippen LogP contribution in [0.5, 0.6) is 0 Å². The molecule has 0 rings (SSSR count). The molecule has 0 saturated carbocycles. The normalized spacial score (nSPS) is 10.8. The number of carbonyl (C=O) groups is 1. The maximum absolute atomic E-state index is 10.3. The Morgan fingerprint density at radius 3 is 1.85 bits per heavy atom. The zero-order valence-corrected chi connectivity index (χ0v) is 17.8. The van der Waals surface area contributed by atoms with Gasteiger partial charge in [-0.05, 0) is 32.1 Å². The van der Waals surface area contributed by atoms with Crippen molar-refractivity contribution in [1.82, 2.24) is 5.32 Å². The lowest BCUT2D eigenvalue weighted by Crippen LogP contribution is -2.24. The average Bonchev–Trinajstić information content (AvgIpc) is 2.65. The standard InChI is InChI=1S/C18H34O2.C4H12N2O/c1-2-3-4-5-6-7-8-9-10-11-12-13-14-15-16-17-18(19)20;5-1-2-6-3-4-7/h9-10H,2-8,11-17H2,1H3,(H,19,20);6-7H,1-5H2/b10-9-;. The zero-order chi connectivity index (χ0) is 20.4. The minimum atomic E-state index is -0.664. The Morgan fingerprint density at radius 1 is 0.852 bits per heavy atom. The number of unbranched alkanes of at least 4 members (excludes halogenated alkanes) is 11. The van der Waals surface area contributed by atoms with Gasteiger partial charge in [0.15, 0.2) is 0 Å². The summed E-state index contributed by atoms with van der Waals surface area (Å²) in [6.45, 7) is 4.53. The molecule has 5 N–H and O–H groups in total. The van der Waals surface area contributed by atoms with Crippen LogP contribution in [0, 0.1) is 0 Å². The highest BCUT2D eigenvalue weighted by molar-refractivity contribution is 5.66. The van der Waals surface area contributed by atoms with Gasteiger partial charge in [-0.3, -0.25) is 4.79 Å². The molecule has 5 heteroatoms. The molecule has 0 unspecified atom stereocenters. The van der Waals surface area contributed by atoms with E-state index in [4.69, 9.17) is 15.9 Å². The molecule has 0 aromatic rings. The summed E-state index contributed by atoms with van der Waals surface area (Å²) in [5, 5.41) is 19.6. The number of carboxylic acids is 1. The number of aliphatic hydroxyl groups excluding tert-OH is 1. The van der Waals surface area contributed by atoms with Gasteiger partial charge in [0, 0.05) is 26.1 Å². The quantitative estimate of drug-likeness (QED) is 0.192. The fourth-order valence-corrected chi connectivity index (χ4v) is 2.65. The molecular weight excluding hydrogens is 340 g/mol. The van der Waals surface area contributed by atoms with Crippen LogP contribution < -0.4 is 11.1 Å². The number of hydrogen-bond donors (Lipinski definition) is 4. The second kappa shape index (κ2) is 27.3. The number of rotatable bonds is 19. The molecule has 0 bridgehead atoms. The highest BCUT2D eigenvalue weighted by atomic mass is 16.4. The van der Waals surface area contributed by atoms with Crippen LogP contribution in [0.4, 0.5) is 0 Å². The van der Waals surface area contributed by atoms with Crippen molar-refractivity contribution < 1.29 is 15.0 Å². The van der Waals surface area contributed by atoms with Crippen molar-refractivity contribution in [2.24, 2.45) is 5.73 Å². The fraction of sp³-hybridized carbons (Fsp3) is 0.864. The molecule has 0 spiro atoms. The van der Waals surface area contributed by atoms with E-state index in [1.807, 2.05) is 0 Å². The molecule has 0 heterocycles. The maximum atomic E-state index is 10.3. The Bertz CT molecular complexity index is 306.